The van der Waals surface area contributed by atoms with Crippen LogP contribution in [0.4, 0.5) is 10.1 Å². The van der Waals surface area contributed by atoms with E-state index in [1.54, 1.807) is 6.07 Å². The van der Waals surface area contributed by atoms with E-state index in [-0.39, 0.29) is 27.6 Å². The predicted molar refractivity (Wildman–Crippen MR) is 117 cm³/mol. The van der Waals surface area contributed by atoms with Gasteiger partial charge >= 0.3 is 0 Å². The molecule has 2 heterocycles. The highest BCUT2D eigenvalue weighted by molar-refractivity contribution is 7.10. The number of halogens is 3. The second kappa shape index (κ2) is 7.87. The van der Waals surface area contributed by atoms with Gasteiger partial charge in [0.15, 0.2) is 0 Å². The number of amides is 1. The van der Waals surface area contributed by atoms with Crippen LogP contribution in [0.25, 0.3) is 5.76 Å². The zero-order chi connectivity index (χ0) is 21.6. The van der Waals surface area contributed by atoms with E-state index in [0.717, 1.165) is 5.56 Å². The number of carbonyl (C=O) groups excluding carboxylic acids is 2. The van der Waals surface area contributed by atoms with Gasteiger partial charge in [0.25, 0.3) is 11.7 Å². The van der Waals surface area contributed by atoms with Gasteiger partial charge in [-0.15, -0.1) is 11.3 Å². The fourth-order valence-corrected chi connectivity index (χ4v) is 4.76. The molecule has 1 saturated heterocycles. The van der Waals surface area contributed by atoms with Crippen LogP contribution >= 0.6 is 34.5 Å². The number of benzene rings is 2. The quantitative estimate of drug-likeness (QED) is 0.290. The smallest absolute Gasteiger partial charge is 0.300 e. The fraction of sp³-hybridized carbons (Fsp3) is 0.0909. The summed E-state index contributed by atoms with van der Waals surface area (Å²) in [7, 11) is 0. The first-order valence-corrected chi connectivity index (χ1v) is 10.5. The van der Waals surface area contributed by atoms with Crippen molar-refractivity contribution in [1.29, 1.82) is 0 Å². The molecular formula is C22H14Cl2FNO3S. The van der Waals surface area contributed by atoms with Gasteiger partial charge in [0, 0.05) is 16.1 Å². The average molecular weight is 462 g/mol. The third-order valence-electron chi connectivity index (χ3n) is 4.87. The Bertz CT molecular complexity index is 1220. The average Bonchev–Trinajstić information content (AvgIpc) is 3.24. The zero-order valence-electron chi connectivity index (χ0n) is 15.5. The van der Waals surface area contributed by atoms with E-state index in [0.29, 0.717) is 9.90 Å². The molecule has 1 atom stereocenters. The molecule has 1 fully saturated rings. The van der Waals surface area contributed by atoms with E-state index in [4.69, 9.17) is 23.2 Å². The minimum atomic E-state index is -0.902. The minimum Gasteiger partial charge on any atom is -0.507 e. The van der Waals surface area contributed by atoms with Crippen LogP contribution in [0.1, 0.15) is 22.0 Å². The summed E-state index contributed by atoms with van der Waals surface area (Å²) >= 11 is 13.4. The number of ketones is 1. The molecule has 1 unspecified atom stereocenters. The molecule has 0 saturated carbocycles. The molecule has 0 spiro atoms. The van der Waals surface area contributed by atoms with Crippen LogP contribution in [0, 0.1) is 12.7 Å². The van der Waals surface area contributed by atoms with Crippen molar-refractivity contribution in [1.82, 2.24) is 0 Å². The summed E-state index contributed by atoms with van der Waals surface area (Å²) in [5.41, 5.74) is 1.23. The molecule has 0 radical (unpaired) electrons. The third kappa shape index (κ3) is 3.41. The molecule has 1 N–H and O–H groups in total. The summed E-state index contributed by atoms with van der Waals surface area (Å²) in [5, 5.41) is 13.3. The molecule has 152 valence electrons. The zero-order valence-corrected chi connectivity index (χ0v) is 17.9. The molecule has 1 aromatic heterocycles. The van der Waals surface area contributed by atoms with Crippen LogP contribution in [0.2, 0.25) is 10.0 Å². The number of anilines is 1. The lowest BCUT2D eigenvalue weighted by Gasteiger charge is -2.25. The summed E-state index contributed by atoms with van der Waals surface area (Å²) in [6.45, 7) is 1.84. The fourth-order valence-electron chi connectivity index (χ4n) is 3.44. The van der Waals surface area contributed by atoms with Crippen LogP contribution in [0.5, 0.6) is 0 Å². The summed E-state index contributed by atoms with van der Waals surface area (Å²) < 4.78 is 13.9. The Balaban J connectivity index is 1.97. The Morgan fingerprint density at radius 3 is 2.50 bits per heavy atom. The standard InChI is InChI=1S/C22H14Cl2FNO3S/c1-11-7-8-30-21(11)18-17(19(27)12-5-6-15(23)16(24)9-12)20(28)22(29)26(18)14-4-2-3-13(25)10-14/h2-10,18,27H,1H3/b19-17-. The summed E-state index contributed by atoms with van der Waals surface area (Å²) in [4.78, 5) is 27.9. The largest absolute Gasteiger partial charge is 0.507 e. The molecule has 4 rings (SSSR count). The van der Waals surface area contributed by atoms with Gasteiger partial charge in [-0.3, -0.25) is 14.5 Å². The van der Waals surface area contributed by atoms with Crippen LogP contribution < -0.4 is 4.90 Å². The van der Waals surface area contributed by atoms with Crippen molar-refractivity contribution in [3.8, 4) is 0 Å². The molecule has 30 heavy (non-hydrogen) atoms. The lowest BCUT2D eigenvalue weighted by Crippen LogP contribution is -2.29. The number of rotatable bonds is 3. The monoisotopic (exact) mass is 461 g/mol. The molecule has 4 nitrogen and oxygen atoms in total. The Kier molecular flexibility index (Phi) is 5.40. The number of aryl methyl sites for hydroxylation is 1. The highest BCUT2D eigenvalue weighted by Crippen LogP contribution is 2.45. The Hall–Kier alpha value is -2.67. The second-order valence-electron chi connectivity index (χ2n) is 6.75. The van der Waals surface area contributed by atoms with Gasteiger partial charge in [-0.25, -0.2) is 4.39 Å². The lowest BCUT2D eigenvalue weighted by atomic mass is 9.98. The van der Waals surface area contributed by atoms with E-state index in [9.17, 15) is 19.1 Å². The molecule has 1 aliphatic rings. The maximum Gasteiger partial charge on any atom is 0.300 e. The molecule has 0 aliphatic carbocycles. The summed E-state index contributed by atoms with van der Waals surface area (Å²) in [6.07, 6.45) is 0. The maximum absolute atomic E-state index is 13.9. The van der Waals surface area contributed by atoms with Crippen LogP contribution in [-0.4, -0.2) is 16.8 Å². The first-order chi connectivity index (χ1) is 14.3. The predicted octanol–water partition coefficient (Wildman–Crippen LogP) is 6.13. The van der Waals surface area contributed by atoms with Crippen LogP contribution in [-0.2, 0) is 9.59 Å². The molecule has 0 bridgehead atoms. The molecular weight excluding hydrogens is 448 g/mol. The van der Waals surface area contributed by atoms with Crippen LogP contribution in [0.3, 0.4) is 0 Å². The molecule has 1 aliphatic heterocycles. The van der Waals surface area contributed by atoms with Crippen molar-refractivity contribution in [3.05, 3.63) is 91.4 Å². The lowest BCUT2D eigenvalue weighted by molar-refractivity contribution is -0.132. The number of carbonyl (C=O) groups is 2. The van der Waals surface area contributed by atoms with Crippen molar-refractivity contribution >= 4 is 57.7 Å². The number of aliphatic hydroxyl groups is 1. The van der Waals surface area contributed by atoms with Gasteiger partial charge in [0.1, 0.15) is 17.6 Å². The van der Waals surface area contributed by atoms with E-state index < -0.39 is 23.5 Å². The second-order valence-corrected chi connectivity index (χ2v) is 8.51. The van der Waals surface area contributed by atoms with Crippen molar-refractivity contribution in [2.75, 3.05) is 4.90 Å². The highest BCUT2D eigenvalue weighted by atomic mass is 35.5. The number of hydrogen-bond donors (Lipinski definition) is 1. The number of nitrogens with zero attached hydrogens (tertiary/aromatic N) is 1. The number of aliphatic hydroxyl groups excluding tert-OH is 1. The van der Waals surface area contributed by atoms with Crippen LogP contribution in [0.15, 0.2) is 59.5 Å². The van der Waals surface area contributed by atoms with E-state index in [1.165, 1.54) is 52.6 Å². The topological polar surface area (TPSA) is 57.6 Å². The molecule has 2 aromatic carbocycles. The molecule has 3 aromatic rings. The van der Waals surface area contributed by atoms with Crippen molar-refractivity contribution in [2.24, 2.45) is 0 Å². The van der Waals surface area contributed by atoms with Gasteiger partial charge in [-0.1, -0.05) is 29.3 Å². The van der Waals surface area contributed by atoms with E-state index in [2.05, 4.69) is 0 Å². The number of Topliss-reactive ketones (excluding diaryl/α,β-unsaturated/α-hetero) is 1. The summed E-state index contributed by atoms with van der Waals surface area (Å²) in [5.74, 6) is -2.62. The minimum absolute atomic E-state index is 0.0896. The van der Waals surface area contributed by atoms with Gasteiger partial charge in [0.2, 0.25) is 0 Å². The van der Waals surface area contributed by atoms with Crippen molar-refractivity contribution in [2.45, 2.75) is 13.0 Å². The van der Waals surface area contributed by atoms with E-state index >= 15 is 0 Å². The normalized spacial score (nSPS) is 18.3. The SMILES string of the molecule is Cc1ccsc1C1/C(=C(/O)c2ccc(Cl)c(Cl)c2)C(=O)C(=O)N1c1cccc(F)c1. The molecule has 1 amide bonds. The van der Waals surface area contributed by atoms with E-state index in [1.807, 2.05) is 18.4 Å². The van der Waals surface area contributed by atoms with Gasteiger partial charge in [-0.05, 0) is 60.3 Å². The summed E-state index contributed by atoms with van der Waals surface area (Å²) in [6, 6.07) is 10.8. The van der Waals surface area contributed by atoms with Crippen molar-refractivity contribution < 1.29 is 19.1 Å². The number of hydrogen-bond acceptors (Lipinski definition) is 4. The first-order valence-electron chi connectivity index (χ1n) is 8.85. The first kappa shape index (κ1) is 20.6. The Morgan fingerprint density at radius 1 is 1.10 bits per heavy atom. The Morgan fingerprint density at radius 2 is 1.87 bits per heavy atom. The third-order valence-corrected chi connectivity index (χ3v) is 6.68. The highest BCUT2D eigenvalue weighted by Gasteiger charge is 2.48. The molecule has 8 heteroatoms. The number of thiophene rings is 1. The Labute approximate surface area is 185 Å². The van der Waals surface area contributed by atoms with Gasteiger partial charge in [0.05, 0.1) is 15.6 Å². The maximum atomic E-state index is 13.9. The van der Waals surface area contributed by atoms with Gasteiger partial charge in [-0.2, -0.15) is 0 Å². The van der Waals surface area contributed by atoms with Crippen molar-refractivity contribution in [3.63, 3.8) is 0 Å². The van der Waals surface area contributed by atoms with Gasteiger partial charge < -0.3 is 5.11 Å².